The molecule has 2 aromatic heterocycles. The summed E-state index contributed by atoms with van der Waals surface area (Å²) in [4.78, 5) is 18.6. The molecular formula is C21H26N4O3. The summed E-state index contributed by atoms with van der Waals surface area (Å²) in [6.45, 7) is 6.94. The second-order valence-electron chi connectivity index (χ2n) is 6.82. The van der Waals surface area contributed by atoms with Gasteiger partial charge in [-0.3, -0.25) is 4.79 Å². The first-order valence-electron chi connectivity index (χ1n) is 9.28. The van der Waals surface area contributed by atoms with E-state index >= 15 is 0 Å². The van der Waals surface area contributed by atoms with Gasteiger partial charge in [0.2, 0.25) is 5.88 Å². The lowest BCUT2D eigenvalue weighted by atomic mass is 10.2. The summed E-state index contributed by atoms with van der Waals surface area (Å²) in [6.07, 6.45) is 0. The van der Waals surface area contributed by atoms with E-state index in [4.69, 9.17) is 9.47 Å². The Morgan fingerprint density at radius 1 is 1.18 bits per heavy atom. The minimum absolute atomic E-state index is 0.0764. The summed E-state index contributed by atoms with van der Waals surface area (Å²) in [5.41, 5.74) is 3.73. The Balaban J connectivity index is 1.64. The lowest BCUT2D eigenvalue weighted by Crippen LogP contribution is -2.31. The van der Waals surface area contributed by atoms with Crippen molar-refractivity contribution in [1.82, 2.24) is 19.7 Å². The number of likely N-dealkylation sites (N-methyl/N-ethyl adjacent to an activating group) is 1. The molecule has 0 saturated heterocycles. The van der Waals surface area contributed by atoms with Crippen molar-refractivity contribution in [3.8, 4) is 11.6 Å². The smallest absolute Gasteiger partial charge is 0.260 e. The number of ether oxygens (including phenoxy) is 2. The molecule has 0 aliphatic rings. The van der Waals surface area contributed by atoms with Crippen LogP contribution in [0.15, 0.2) is 30.3 Å². The van der Waals surface area contributed by atoms with Crippen LogP contribution in [0.2, 0.25) is 0 Å². The van der Waals surface area contributed by atoms with Gasteiger partial charge in [-0.15, -0.1) is 5.10 Å². The molecule has 0 saturated carbocycles. The number of rotatable bonds is 7. The second kappa shape index (κ2) is 8.29. The molecular weight excluding hydrogens is 356 g/mol. The van der Waals surface area contributed by atoms with Gasteiger partial charge in [0.15, 0.2) is 12.3 Å². The lowest BCUT2D eigenvalue weighted by molar-refractivity contribution is -0.132. The molecule has 0 bridgehead atoms. The third kappa shape index (κ3) is 4.24. The summed E-state index contributed by atoms with van der Waals surface area (Å²) in [6, 6.07) is 9.71. The van der Waals surface area contributed by atoms with E-state index in [2.05, 4.69) is 10.1 Å². The van der Waals surface area contributed by atoms with Crippen molar-refractivity contribution in [2.24, 2.45) is 7.05 Å². The Hall–Kier alpha value is -3.09. The van der Waals surface area contributed by atoms with Gasteiger partial charge in [-0.05, 0) is 50.1 Å². The zero-order chi connectivity index (χ0) is 20.3. The molecule has 7 heteroatoms. The molecule has 0 aliphatic heterocycles. The Labute approximate surface area is 164 Å². The minimum atomic E-state index is -0.120. The van der Waals surface area contributed by atoms with Gasteiger partial charge in [0, 0.05) is 26.3 Å². The Kier molecular flexibility index (Phi) is 5.82. The number of carbonyl (C=O) groups excluding carboxylic acids is 1. The van der Waals surface area contributed by atoms with Gasteiger partial charge in [0.1, 0.15) is 5.75 Å². The molecule has 28 heavy (non-hydrogen) atoms. The van der Waals surface area contributed by atoms with Crippen LogP contribution in [0.1, 0.15) is 23.7 Å². The molecule has 1 aromatic carbocycles. The standard InChI is InChI=1S/C21H26N4O3/c1-6-27-17-9-7-16(8-10-17)12-24(4)18(26)13-28-21-19-14(2)11-15(3)22-20(19)25(5)23-21/h7-11H,6,12-13H2,1-5H3. The van der Waals surface area contributed by atoms with Crippen LogP contribution in [-0.4, -0.2) is 45.8 Å². The van der Waals surface area contributed by atoms with Crippen LogP contribution in [0.25, 0.3) is 11.0 Å². The molecule has 3 rings (SSSR count). The number of hydrogen-bond acceptors (Lipinski definition) is 5. The fourth-order valence-corrected chi connectivity index (χ4v) is 3.11. The van der Waals surface area contributed by atoms with E-state index in [1.165, 1.54) is 0 Å². The van der Waals surface area contributed by atoms with Crippen LogP contribution < -0.4 is 9.47 Å². The number of amides is 1. The predicted molar refractivity (Wildman–Crippen MR) is 108 cm³/mol. The highest BCUT2D eigenvalue weighted by Gasteiger charge is 2.17. The summed E-state index contributed by atoms with van der Waals surface area (Å²) in [5.74, 6) is 1.14. The summed E-state index contributed by atoms with van der Waals surface area (Å²) >= 11 is 0. The van der Waals surface area contributed by atoms with E-state index in [0.29, 0.717) is 19.0 Å². The first kappa shape index (κ1) is 19.7. The van der Waals surface area contributed by atoms with Gasteiger partial charge in [-0.25, -0.2) is 9.67 Å². The van der Waals surface area contributed by atoms with Crippen molar-refractivity contribution in [1.29, 1.82) is 0 Å². The zero-order valence-corrected chi connectivity index (χ0v) is 17.0. The van der Waals surface area contributed by atoms with Crippen LogP contribution in [-0.2, 0) is 18.4 Å². The molecule has 0 unspecified atom stereocenters. The third-order valence-electron chi connectivity index (χ3n) is 4.50. The topological polar surface area (TPSA) is 69.5 Å². The van der Waals surface area contributed by atoms with E-state index in [1.54, 1.807) is 16.6 Å². The van der Waals surface area contributed by atoms with E-state index in [9.17, 15) is 4.79 Å². The first-order chi connectivity index (χ1) is 13.4. The molecule has 0 radical (unpaired) electrons. The molecule has 0 spiro atoms. The number of benzene rings is 1. The summed E-state index contributed by atoms with van der Waals surface area (Å²) < 4.78 is 12.9. The maximum absolute atomic E-state index is 12.5. The maximum atomic E-state index is 12.5. The van der Waals surface area contributed by atoms with Crippen LogP contribution in [0.3, 0.4) is 0 Å². The van der Waals surface area contributed by atoms with Crippen LogP contribution in [0.5, 0.6) is 11.6 Å². The maximum Gasteiger partial charge on any atom is 0.260 e. The highest BCUT2D eigenvalue weighted by Crippen LogP contribution is 2.27. The molecule has 0 atom stereocenters. The Morgan fingerprint density at radius 2 is 1.89 bits per heavy atom. The van der Waals surface area contributed by atoms with Gasteiger partial charge in [0.05, 0.1) is 12.0 Å². The highest BCUT2D eigenvalue weighted by molar-refractivity contribution is 5.85. The van der Waals surface area contributed by atoms with Gasteiger partial charge in [-0.2, -0.15) is 0 Å². The van der Waals surface area contributed by atoms with Crippen molar-refractivity contribution in [2.75, 3.05) is 20.3 Å². The largest absolute Gasteiger partial charge is 0.494 e. The second-order valence-corrected chi connectivity index (χ2v) is 6.82. The molecule has 7 nitrogen and oxygen atoms in total. The predicted octanol–water partition coefficient (Wildman–Crippen LogP) is 3.02. The monoisotopic (exact) mass is 382 g/mol. The van der Waals surface area contributed by atoms with Gasteiger partial charge >= 0.3 is 0 Å². The molecule has 0 fully saturated rings. The molecule has 1 amide bonds. The third-order valence-corrected chi connectivity index (χ3v) is 4.50. The van der Waals surface area contributed by atoms with E-state index in [-0.39, 0.29) is 12.5 Å². The van der Waals surface area contributed by atoms with Crippen LogP contribution in [0, 0.1) is 13.8 Å². The number of pyridine rings is 1. The van der Waals surface area contributed by atoms with Crippen molar-refractivity contribution in [3.63, 3.8) is 0 Å². The molecule has 3 aromatic rings. The zero-order valence-electron chi connectivity index (χ0n) is 17.0. The average Bonchev–Trinajstić information content (AvgIpc) is 2.97. The van der Waals surface area contributed by atoms with Crippen molar-refractivity contribution in [2.45, 2.75) is 27.3 Å². The Morgan fingerprint density at radius 3 is 2.57 bits per heavy atom. The van der Waals surface area contributed by atoms with E-state index in [0.717, 1.165) is 33.6 Å². The normalized spacial score (nSPS) is 10.9. The lowest BCUT2D eigenvalue weighted by Gasteiger charge is -2.17. The van der Waals surface area contributed by atoms with Crippen LogP contribution in [0.4, 0.5) is 0 Å². The molecule has 0 N–H and O–H groups in total. The summed E-state index contributed by atoms with van der Waals surface area (Å²) in [5, 5.41) is 5.22. The van der Waals surface area contributed by atoms with Gasteiger partial charge in [-0.1, -0.05) is 12.1 Å². The average molecular weight is 382 g/mol. The van der Waals surface area contributed by atoms with E-state index in [1.807, 2.05) is 58.2 Å². The summed E-state index contributed by atoms with van der Waals surface area (Å²) in [7, 11) is 3.58. The van der Waals surface area contributed by atoms with Crippen molar-refractivity contribution in [3.05, 3.63) is 47.2 Å². The molecule has 148 valence electrons. The van der Waals surface area contributed by atoms with E-state index < -0.39 is 0 Å². The number of hydrogen-bond donors (Lipinski definition) is 0. The fraction of sp³-hybridized carbons (Fsp3) is 0.381. The molecule has 0 aliphatic carbocycles. The highest BCUT2D eigenvalue weighted by atomic mass is 16.5. The number of nitrogens with zero attached hydrogens (tertiary/aromatic N) is 4. The Bertz CT molecular complexity index is 979. The van der Waals surface area contributed by atoms with Crippen LogP contribution >= 0.6 is 0 Å². The van der Waals surface area contributed by atoms with Gasteiger partial charge < -0.3 is 14.4 Å². The fourth-order valence-electron chi connectivity index (χ4n) is 3.11. The van der Waals surface area contributed by atoms with Crippen molar-refractivity contribution < 1.29 is 14.3 Å². The number of fused-ring (bicyclic) bond motifs is 1. The van der Waals surface area contributed by atoms with Crippen molar-refractivity contribution >= 4 is 16.9 Å². The number of aryl methyl sites for hydroxylation is 3. The SMILES string of the molecule is CCOc1ccc(CN(C)C(=O)COc2nn(C)c3nc(C)cc(C)c23)cc1. The van der Waals surface area contributed by atoms with Gasteiger partial charge in [0.25, 0.3) is 5.91 Å². The number of aromatic nitrogens is 3. The molecule has 2 heterocycles. The first-order valence-corrected chi connectivity index (χ1v) is 9.28. The quantitative estimate of drug-likeness (QED) is 0.628. The minimum Gasteiger partial charge on any atom is -0.494 e. The number of carbonyl (C=O) groups is 1.